The van der Waals surface area contributed by atoms with Crippen LogP contribution in [0.2, 0.25) is 0 Å². The number of amides is 3. The average molecular weight is 645 g/mol. The van der Waals surface area contributed by atoms with E-state index >= 15 is 0 Å². The van der Waals surface area contributed by atoms with Gasteiger partial charge in [0.15, 0.2) is 0 Å². The number of nitrogens with zero attached hydrogens (tertiary/aromatic N) is 4. The van der Waals surface area contributed by atoms with Crippen molar-refractivity contribution in [1.29, 1.82) is 0 Å². The van der Waals surface area contributed by atoms with Crippen molar-refractivity contribution in [3.8, 4) is 0 Å². The summed E-state index contributed by atoms with van der Waals surface area (Å²) < 4.78 is -1.30. The zero-order valence-corrected chi connectivity index (χ0v) is 28.4. The van der Waals surface area contributed by atoms with E-state index in [-0.39, 0.29) is 30.9 Å². The number of carbonyl (C=O) groups is 3. The second kappa shape index (κ2) is 13.7. The third-order valence-corrected chi connectivity index (χ3v) is 12.2. The molecule has 3 heterocycles. The highest BCUT2D eigenvalue weighted by Crippen LogP contribution is 2.72. The molecular formula is C37H48N4O4S. The lowest BCUT2D eigenvalue weighted by Crippen LogP contribution is -2.57. The van der Waals surface area contributed by atoms with Gasteiger partial charge in [-0.05, 0) is 70.4 Å². The van der Waals surface area contributed by atoms with Crippen molar-refractivity contribution in [2.45, 2.75) is 68.7 Å². The van der Waals surface area contributed by atoms with Crippen LogP contribution in [-0.2, 0) is 20.9 Å². The fourth-order valence-corrected chi connectivity index (χ4v) is 10.3. The zero-order chi connectivity index (χ0) is 33.2. The van der Waals surface area contributed by atoms with Crippen LogP contribution in [0.4, 0.5) is 11.4 Å². The molecule has 0 aliphatic carbocycles. The number of carbonyl (C=O) groups excluding carboxylic acids is 3. The van der Waals surface area contributed by atoms with Crippen molar-refractivity contribution >= 4 is 40.9 Å². The van der Waals surface area contributed by atoms with Crippen LogP contribution in [0.5, 0.6) is 0 Å². The molecular weight excluding hydrogens is 596 g/mol. The number of fused-ring (bicyclic) bond motifs is 1. The second-order valence-electron chi connectivity index (χ2n) is 12.9. The largest absolute Gasteiger partial charge is 0.394 e. The lowest BCUT2D eigenvalue weighted by atomic mass is 9.66. The Balaban J connectivity index is 1.54. The van der Waals surface area contributed by atoms with Gasteiger partial charge in [-0.2, -0.15) is 0 Å². The first-order valence-corrected chi connectivity index (χ1v) is 17.3. The lowest BCUT2D eigenvalue weighted by molar-refractivity contribution is -0.146. The molecule has 0 aromatic heterocycles. The summed E-state index contributed by atoms with van der Waals surface area (Å²) in [5, 5.41) is 10.3. The molecule has 1 N–H and O–H groups in total. The van der Waals surface area contributed by atoms with Crippen LogP contribution in [-0.4, -0.2) is 87.0 Å². The average Bonchev–Trinajstić information content (AvgIpc) is 3.64. The maximum Gasteiger partial charge on any atom is 0.251 e. The predicted molar refractivity (Wildman–Crippen MR) is 187 cm³/mol. The van der Waals surface area contributed by atoms with Crippen LogP contribution < -0.4 is 9.80 Å². The van der Waals surface area contributed by atoms with E-state index in [0.29, 0.717) is 19.5 Å². The van der Waals surface area contributed by atoms with Crippen LogP contribution in [0.15, 0.2) is 79.9 Å². The maximum atomic E-state index is 14.9. The molecule has 46 heavy (non-hydrogen) atoms. The molecule has 0 saturated carbocycles. The molecule has 9 heteroatoms. The minimum absolute atomic E-state index is 0.0849. The standard InChI is InChI=1S/C37H48N4O4S/c1-7-22-39(24-27-14-12-11-13-15-27)33(43)30-31-34(44)41(26(5)25-42)32(37(31)21-20-36(30,6)46-37)35(45)40(23-8-2)29-18-16-28(17-19-29)38(9-3)10-4/h7-8,11-19,26,30-32,42H,1-2,9-10,20-25H2,3-6H3/t26-,30+,31+,32?,36-,37?/m1/s1. The third kappa shape index (κ3) is 5.66. The van der Waals surface area contributed by atoms with E-state index in [1.54, 1.807) is 45.5 Å². The van der Waals surface area contributed by atoms with Gasteiger partial charge in [-0.25, -0.2) is 0 Å². The van der Waals surface area contributed by atoms with Crippen LogP contribution in [0.3, 0.4) is 0 Å². The highest BCUT2D eigenvalue weighted by Gasteiger charge is 2.78. The minimum Gasteiger partial charge on any atom is -0.394 e. The summed E-state index contributed by atoms with van der Waals surface area (Å²) in [4.78, 5) is 51.4. The Morgan fingerprint density at radius 2 is 1.63 bits per heavy atom. The first-order chi connectivity index (χ1) is 22.1. The summed E-state index contributed by atoms with van der Waals surface area (Å²) in [6.45, 7) is 18.4. The van der Waals surface area contributed by atoms with Gasteiger partial charge in [0.25, 0.3) is 5.91 Å². The highest BCUT2D eigenvalue weighted by atomic mass is 32.2. The van der Waals surface area contributed by atoms with Gasteiger partial charge in [-0.15, -0.1) is 24.9 Å². The molecule has 5 rings (SSSR count). The minimum atomic E-state index is -0.832. The van der Waals surface area contributed by atoms with E-state index in [9.17, 15) is 19.5 Å². The fourth-order valence-electron chi connectivity index (χ4n) is 8.00. The maximum absolute atomic E-state index is 14.9. The number of aliphatic hydroxyl groups is 1. The third-order valence-electron chi connectivity index (χ3n) is 10.2. The number of hydrogen-bond acceptors (Lipinski definition) is 6. The summed E-state index contributed by atoms with van der Waals surface area (Å²) in [6, 6.07) is 16.3. The van der Waals surface area contributed by atoms with Gasteiger partial charge in [-0.1, -0.05) is 42.5 Å². The fraction of sp³-hybridized carbons (Fsp3) is 0.486. The van der Waals surface area contributed by atoms with Crippen molar-refractivity contribution in [3.63, 3.8) is 0 Å². The molecule has 2 aromatic rings. The van der Waals surface area contributed by atoms with E-state index in [0.717, 1.165) is 36.4 Å². The number of likely N-dealkylation sites (tertiary alicyclic amines) is 1. The van der Waals surface area contributed by atoms with Gasteiger partial charge in [0.05, 0.1) is 29.2 Å². The normalized spacial score (nSPS) is 26.8. The van der Waals surface area contributed by atoms with Gasteiger partial charge in [-0.3, -0.25) is 14.4 Å². The monoisotopic (exact) mass is 644 g/mol. The van der Waals surface area contributed by atoms with E-state index in [2.05, 4.69) is 38.8 Å². The van der Waals surface area contributed by atoms with Crippen LogP contribution >= 0.6 is 11.8 Å². The molecule has 2 unspecified atom stereocenters. The summed E-state index contributed by atoms with van der Waals surface area (Å²) in [5.41, 5.74) is 2.80. The molecule has 246 valence electrons. The number of thioether (sulfide) groups is 1. The molecule has 3 aliphatic heterocycles. The van der Waals surface area contributed by atoms with Gasteiger partial charge >= 0.3 is 0 Å². The Labute approximate surface area is 278 Å². The van der Waals surface area contributed by atoms with E-state index in [4.69, 9.17) is 0 Å². The Hall–Kier alpha value is -3.56. The Kier molecular flexibility index (Phi) is 10.0. The van der Waals surface area contributed by atoms with E-state index in [1.807, 2.05) is 54.6 Å². The van der Waals surface area contributed by atoms with Gasteiger partial charge < -0.3 is 24.7 Å². The quantitative estimate of drug-likeness (QED) is 0.287. The predicted octanol–water partition coefficient (Wildman–Crippen LogP) is 5.13. The number of hydrogen-bond donors (Lipinski definition) is 1. The molecule has 2 aromatic carbocycles. The number of rotatable bonds is 14. The molecule has 3 aliphatic rings. The van der Waals surface area contributed by atoms with E-state index < -0.39 is 33.4 Å². The van der Waals surface area contributed by atoms with E-state index in [1.165, 1.54) is 0 Å². The van der Waals surface area contributed by atoms with Gasteiger partial charge in [0, 0.05) is 48.8 Å². The first-order valence-electron chi connectivity index (χ1n) is 16.4. The highest BCUT2D eigenvalue weighted by molar-refractivity contribution is 8.02. The molecule has 3 amide bonds. The van der Waals surface area contributed by atoms with Crippen molar-refractivity contribution in [2.75, 3.05) is 42.6 Å². The van der Waals surface area contributed by atoms with Crippen molar-refractivity contribution in [3.05, 3.63) is 85.5 Å². The Morgan fingerprint density at radius 3 is 2.22 bits per heavy atom. The topological polar surface area (TPSA) is 84.4 Å². The molecule has 1 spiro atoms. The Morgan fingerprint density at radius 1 is 1.00 bits per heavy atom. The molecule has 6 atom stereocenters. The molecule has 3 fully saturated rings. The smallest absolute Gasteiger partial charge is 0.251 e. The van der Waals surface area contributed by atoms with Crippen LogP contribution in [0.25, 0.3) is 0 Å². The summed E-state index contributed by atoms with van der Waals surface area (Å²) in [5.74, 6) is -1.79. The van der Waals surface area contributed by atoms with Crippen molar-refractivity contribution in [1.82, 2.24) is 9.80 Å². The molecule has 3 saturated heterocycles. The van der Waals surface area contributed by atoms with Gasteiger partial charge in [0.2, 0.25) is 11.8 Å². The number of aliphatic hydroxyl groups excluding tert-OH is 1. The summed E-state index contributed by atoms with van der Waals surface area (Å²) >= 11 is 1.65. The lowest BCUT2D eigenvalue weighted by Gasteiger charge is -2.39. The van der Waals surface area contributed by atoms with Crippen LogP contribution in [0.1, 0.15) is 46.1 Å². The molecule has 0 radical (unpaired) electrons. The summed E-state index contributed by atoms with van der Waals surface area (Å²) in [6.07, 6.45) is 4.78. The zero-order valence-electron chi connectivity index (χ0n) is 27.6. The summed E-state index contributed by atoms with van der Waals surface area (Å²) in [7, 11) is 0. The van der Waals surface area contributed by atoms with Gasteiger partial charge in [0.1, 0.15) is 6.04 Å². The molecule has 8 nitrogen and oxygen atoms in total. The molecule has 2 bridgehead atoms. The van der Waals surface area contributed by atoms with Crippen LogP contribution in [0, 0.1) is 11.8 Å². The number of benzene rings is 2. The first kappa shape index (κ1) is 33.8. The Bertz CT molecular complexity index is 1450. The van der Waals surface area contributed by atoms with Crippen molar-refractivity contribution in [2.24, 2.45) is 11.8 Å². The number of anilines is 2. The second-order valence-corrected chi connectivity index (χ2v) is 14.8. The van der Waals surface area contributed by atoms with Crippen molar-refractivity contribution < 1.29 is 19.5 Å². The SMILES string of the molecule is C=CCN(Cc1ccccc1)C(=O)[C@@H]1[C@H]2C(=O)N([C@H](C)CO)C(C(=O)N(CC=C)c3ccc(N(CC)CC)cc3)C23CC[C@@]1(C)S3.